The van der Waals surface area contributed by atoms with Crippen LogP contribution < -0.4 is 0 Å². The summed E-state index contributed by atoms with van der Waals surface area (Å²) in [5.41, 5.74) is 3.16. The molecule has 0 aliphatic heterocycles. The van der Waals surface area contributed by atoms with Crippen molar-refractivity contribution < 1.29 is 0 Å². The van der Waals surface area contributed by atoms with Gasteiger partial charge in [0, 0.05) is 11.2 Å². The van der Waals surface area contributed by atoms with Crippen LogP contribution >= 0.6 is 23.2 Å². The Kier molecular flexibility index (Phi) is 4.03. The Labute approximate surface area is 111 Å². The van der Waals surface area contributed by atoms with E-state index in [-0.39, 0.29) is 5.38 Å². The van der Waals surface area contributed by atoms with Crippen LogP contribution in [0.1, 0.15) is 22.2 Å². The lowest BCUT2D eigenvalue weighted by molar-refractivity contribution is 0.871. The number of hydrogen-bond donors (Lipinski definition) is 0. The van der Waals surface area contributed by atoms with Gasteiger partial charge in [0.05, 0.1) is 11.1 Å². The predicted octanol–water partition coefficient (Wildman–Crippen LogP) is 4.57. The van der Waals surface area contributed by atoms with Crippen molar-refractivity contribution in [2.75, 3.05) is 0 Å². The maximum atomic E-state index is 6.36. The molecule has 0 bridgehead atoms. The van der Waals surface area contributed by atoms with Gasteiger partial charge in [-0.3, -0.25) is 4.98 Å². The Morgan fingerprint density at radius 1 is 1.18 bits per heavy atom. The maximum Gasteiger partial charge on any atom is 0.0797 e. The highest BCUT2D eigenvalue weighted by Gasteiger charge is 2.12. The van der Waals surface area contributed by atoms with Crippen LogP contribution in [0.25, 0.3) is 0 Å². The minimum Gasteiger partial charge on any atom is -0.260 e. The van der Waals surface area contributed by atoms with Crippen LogP contribution in [0.5, 0.6) is 0 Å². The summed E-state index contributed by atoms with van der Waals surface area (Å²) < 4.78 is 0. The molecule has 0 saturated carbocycles. The monoisotopic (exact) mass is 265 g/mol. The van der Waals surface area contributed by atoms with E-state index < -0.39 is 0 Å². The maximum absolute atomic E-state index is 6.36. The molecule has 1 atom stereocenters. The first-order chi connectivity index (χ1) is 8.18. The lowest BCUT2D eigenvalue weighted by Crippen LogP contribution is -2.00. The molecule has 1 unspecified atom stereocenters. The first kappa shape index (κ1) is 12.4. The van der Waals surface area contributed by atoms with Gasteiger partial charge in [-0.1, -0.05) is 29.8 Å². The molecule has 1 nitrogen and oxygen atoms in total. The van der Waals surface area contributed by atoms with Gasteiger partial charge in [0.25, 0.3) is 0 Å². The molecule has 0 radical (unpaired) electrons. The third kappa shape index (κ3) is 2.99. The van der Waals surface area contributed by atoms with E-state index in [0.29, 0.717) is 0 Å². The van der Waals surface area contributed by atoms with E-state index in [1.165, 1.54) is 5.56 Å². The molecule has 0 N–H and O–H groups in total. The van der Waals surface area contributed by atoms with Crippen molar-refractivity contribution in [1.82, 2.24) is 4.98 Å². The molecule has 0 aliphatic rings. The third-order valence-corrected chi connectivity index (χ3v) is 3.58. The Morgan fingerprint density at radius 3 is 2.71 bits per heavy atom. The molecule has 0 saturated heterocycles. The number of hydrogen-bond acceptors (Lipinski definition) is 1. The molecule has 0 aliphatic carbocycles. The SMILES string of the molecule is Cc1c(Cl)cccc1CC(Cl)c1ccccn1. The van der Waals surface area contributed by atoms with Gasteiger partial charge >= 0.3 is 0 Å². The van der Waals surface area contributed by atoms with E-state index in [9.17, 15) is 0 Å². The zero-order valence-electron chi connectivity index (χ0n) is 9.53. The van der Waals surface area contributed by atoms with Crippen LogP contribution in [-0.4, -0.2) is 4.98 Å². The van der Waals surface area contributed by atoms with Gasteiger partial charge in [-0.15, -0.1) is 11.6 Å². The van der Waals surface area contributed by atoms with Gasteiger partial charge in [0.2, 0.25) is 0 Å². The van der Waals surface area contributed by atoms with Crippen molar-refractivity contribution in [3.05, 3.63) is 64.4 Å². The fraction of sp³-hybridized carbons (Fsp3) is 0.214. The van der Waals surface area contributed by atoms with Crippen molar-refractivity contribution in [1.29, 1.82) is 0 Å². The summed E-state index contributed by atoms with van der Waals surface area (Å²) in [6, 6.07) is 11.7. The lowest BCUT2D eigenvalue weighted by atomic mass is 10.0. The number of benzene rings is 1. The standard InChI is InChI=1S/C14H13Cl2N/c1-10-11(5-4-6-12(10)15)9-13(16)14-7-2-3-8-17-14/h2-8,13H,9H2,1H3. The third-order valence-electron chi connectivity index (χ3n) is 2.79. The summed E-state index contributed by atoms with van der Waals surface area (Å²) in [4.78, 5) is 4.26. The van der Waals surface area contributed by atoms with Crippen LogP contribution in [0.3, 0.4) is 0 Å². The summed E-state index contributed by atoms with van der Waals surface area (Å²) in [7, 11) is 0. The first-order valence-corrected chi connectivity index (χ1v) is 6.29. The molecule has 3 heteroatoms. The topological polar surface area (TPSA) is 12.9 Å². The number of nitrogens with zero attached hydrogens (tertiary/aromatic N) is 1. The van der Waals surface area contributed by atoms with Crippen molar-refractivity contribution in [2.24, 2.45) is 0 Å². The number of aromatic nitrogens is 1. The van der Waals surface area contributed by atoms with E-state index in [1.807, 2.05) is 37.3 Å². The number of rotatable bonds is 3. The molecular formula is C14H13Cl2N. The van der Waals surface area contributed by atoms with Crippen molar-refractivity contribution >= 4 is 23.2 Å². The van der Waals surface area contributed by atoms with Crippen LogP contribution in [-0.2, 0) is 6.42 Å². The number of pyridine rings is 1. The second-order valence-corrected chi connectivity index (χ2v) is 4.88. The zero-order chi connectivity index (χ0) is 12.3. The molecule has 88 valence electrons. The van der Waals surface area contributed by atoms with Gasteiger partial charge in [-0.25, -0.2) is 0 Å². The van der Waals surface area contributed by atoms with Gasteiger partial charge < -0.3 is 0 Å². The Morgan fingerprint density at radius 2 is 2.00 bits per heavy atom. The van der Waals surface area contributed by atoms with Crippen molar-refractivity contribution in [3.8, 4) is 0 Å². The fourth-order valence-electron chi connectivity index (χ4n) is 1.73. The second-order valence-electron chi connectivity index (χ2n) is 3.95. The van der Waals surface area contributed by atoms with Crippen molar-refractivity contribution in [3.63, 3.8) is 0 Å². The quantitative estimate of drug-likeness (QED) is 0.742. The van der Waals surface area contributed by atoms with Crippen LogP contribution in [0.4, 0.5) is 0 Å². The van der Waals surface area contributed by atoms with Crippen LogP contribution in [0.15, 0.2) is 42.6 Å². The fourth-order valence-corrected chi connectivity index (χ4v) is 2.22. The minimum absolute atomic E-state index is 0.117. The van der Waals surface area contributed by atoms with Crippen LogP contribution in [0.2, 0.25) is 5.02 Å². The largest absolute Gasteiger partial charge is 0.260 e. The Balaban J connectivity index is 2.19. The summed E-state index contributed by atoms with van der Waals surface area (Å²) in [5, 5.41) is 0.667. The molecule has 2 rings (SSSR count). The molecular weight excluding hydrogens is 253 g/mol. The first-order valence-electron chi connectivity index (χ1n) is 5.47. The molecule has 1 aromatic heterocycles. The average molecular weight is 266 g/mol. The number of halogens is 2. The van der Waals surface area contributed by atoms with Gasteiger partial charge in [-0.05, 0) is 42.7 Å². The van der Waals surface area contributed by atoms with Gasteiger partial charge in [0.15, 0.2) is 0 Å². The highest BCUT2D eigenvalue weighted by atomic mass is 35.5. The Hall–Kier alpha value is -1.05. The molecule has 1 heterocycles. The average Bonchev–Trinajstić information content (AvgIpc) is 2.36. The number of alkyl halides is 1. The highest BCUT2D eigenvalue weighted by molar-refractivity contribution is 6.31. The molecule has 0 amide bonds. The van der Waals surface area contributed by atoms with E-state index in [2.05, 4.69) is 11.1 Å². The van der Waals surface area contributed by atoms with Gasteiger partial charge in [0.1, 0.15) is 0 Å². The lowest BCUT2D eigenvalue weighted by Gasteiger charge is -2.11. The van der Waals surface area contributed by atoms with E-state index in [0.717, 1.165) is 22.7 Å². The smallest absolute Gasteiger partial charge is 0.0797 e. The van der Waals surface area contributed by atoms with E-state index >= 15 is 0 Å². The summed E-state index contributed by atoms with van der Waals surface area (Å²) in [5.74, 6) is 0. The Bertz CT molecular complexity index is 497. The predicted molar refractivity (Wildman–Crippen MR) is 72.7 cm³/mol. The molecule has 1 aromatic carbocycles. The molecule has 2 aromatic rings. The van der Waals surface area contributed by atoms with Crippen molar-refractivity contribution in [2.45, 2.75) is 18.7 Å². The van der Waals surface area contributed by atoms with Gasteiger partial charge in [-0.2, -0.15) is 0 Å². The molecule has 0 fully saturated rings. The van der Waals surface area contributed by atoms with E-state index in [4.69, 9.17) is 23.2 Å². The normalized spacial score (nSPS) is 12.4. The zero-order valence-corrected chi connectivity index (χ0v) is 11.0. The summed E-state index contributed by atoms with van der Waals surface area (Å²) in [6.07, 6.45) is 2.50. The molecule has 0 spiro atoms. The second kappa shape index (κ2) is 5.52. The summed E-state index contributed by atoms with van der Waals surface area (Å²) in [6.45, 7) is 2.01. The van der Waals surface area contributed by atoms with Crippen LogP contribution in [0, 0.1) is 6.92 Å². The molecule has 17 heavy (non-hydrogen) atoms. The summed E-state index contributed by atoms with van der Waals surface area (Å²) >= 11 is 12.4. The highest BCUT2D eigenvalue weighted by Crippen LogP contribution is 2.27. The minimum atomic E-state index is -0.117. The van der Waals surface area contributed by atoms with E-state index in [1.54, 1.807) is 6.20 Å².